The van der Waals surface area contributed by atoms with Crippen LogP contribution in [0.25, 0.3) is 0 Å². The Morgan fingerprint density at radius 3 is 2.05 bits per heavy atom. The molecule has 1 saturated heterocycles. The van der Waals surface area contributed by atoms with E-state index in [-0.39, 0.29) is 40.7 Å². The highest BCUT2D eigenvalue weighted by atomic mass is 16.6. The first kappa shape index (κ1) is 33.3. The summed E-state index contributed by atoms with van der Waals surface area (Å²) < 4.78 is 23.3. The van der Waals surface area contributed by atoms with E-state index in [0.29, 0.717) is 51.3 Å². The van der Waals surface area contributed by atoms with Crippen molar-refractivity contribution in [2.75, 3.05) is 26.9 Å². The van der Waals surface area contributed by atoms with Crippen LogP contribution in [-0.2, 0) is 33.3 Å². The second-order valence-electron chi connectivity index (χ2n) is 12.0. The van der Waals surface area contributed by atoms with E-state index in [1.54, 1.807) is 21.0 Å². The fraction of sp³-hybridized carbons (Fsp3) is 0.833. The van der Waals surface area contributed by atoms with Gasteiger partial charge in [0.2, 0.25) is 0 Å². The second kappa shape index (κ2) is 14.4. The van der Waals surface area contributed by atoms with Crippen LogP contribution in [0, 0.1) is 35.0 Å². The van der Waals surface area contributed by atoms with E-state index in [9.17, 15) is 14.4 Å². The Hall–Kier alpha value is -1.73. The third-order valence-electron chi connectivity index (χ3n) is 7.93. The van der Waals surface area contributed by atoms with Gasteiger partial charge in [0, 0.05) is 37.4 Å². The molecule has 0 aliphatic carbocycles. The standard InChI is InChI=1S/C30H52O7/c1-12-25-30(10,37-19(2)3)24(13-14-35-16-15-34-11)22(6)26(31)20(4)17-29(8,9)18-21(5)27(32)23(7)28(33)36-25/h20-25H,2,12-18H2,1,3-11H3/t20-,21-,22?,23?,24-,25-,30+/m1/s1. The van der Waals surface area contributed by atoms with Crippen LogP contribution in [0.4, 0.5) is 0 Å². The fourth-order valence-electron chi connectivity index (χ4n) is 6.22. The summed E-state index contributed by atoms with van der Waals surface area (Å²) in [5.74, 6) is -2.21. The van der Waals surface area contributed by atoms with Crippen molar-refractivity contribution in [2.45, 2.75) is 99.7 Å². The molecule has 0 spiro atoms. The van der Waals surface area contributed by atoms with Crippen molar-refractivity contribution in [1.29, 1.82) is 0 Å². The van der Waals surface area contributed by atoms with Crippen molar-refractivity contribution in [3.63, 3.8) is 0 Å². The summed E-state index contributed by atoms with van der Waals surface area (Å²) in [5, 5.41) is 0. The van der Waals surface area contributed by atoms with Gasteiger partial charge >= 0.3 is 5.97 Å². The van der Waals surface area contributed by atoms with E-state index < -0.39 is 23.6 Å². The van der Waals surface area contributed by atoms with Crippen LogP contribution in [-0.4, -0.2) is 56.2 Å². The van der Waals surface area contributed by atoms with Crippen molar-refractivity contribution >= 4 is 17.5 Å². The quantitative estimate of drug-likeness (QED) is 0.163. The van der Waals surface area contributed by atoms with Crippen molar-refractivity contribution in [3.05, 3.63) is 12.3 Å². The Kier molecular flexibility index (Phi) is 13.0. The largest absolute Gasteiger partial charge is 0.489 e. The summed E-state index contributed by atoms with van der Waals surface area (Å²) in [5.41, 5.74) is -1.30. The summed E-state index contributed by atoms with van der Waals surface area (Å²) in [6.45, 7) is 22.4. The summed E-state index contributed by atoms with van der Waals surface area (Å²) in [6.07, 6.45) is 1.54. The van der Waals surface area contributed by atoms with Crippen LogP contribution >= 0.6 is 0 Å². The highest BCUT2D eigenvalue weighted by Gasteiger charge is 2.50. The van der Waals surface area contributed by atoms with Gasteiger partial charge in [-0.1, -0.05) is 48.1 Å². The Labute approximate surface area is 225 Å². The number of carbonyl (C=O) groups is 3. The third-order valence-corrected chi connectivity index (χ3v) is 7.93. The highest BCUT2D eigenvalue weighted by molar-refractivity contribution is 5.99. The molecule has 0 radical (unpaired) electrons. The minimum atomic E-state index is -1.05. The van der Waals surface area contributed by atoms with Gasteiger partial charge in [0.25, 0.3) is 0 Å². The average molecular weight is 525 g/mol. The molecule has 1 aliphatic heterocycles. The molecular formula is C30H52O7. The molecule has 1 aliphatic rings. The van der Waals surface area contributed by atoms with E-state index in [0.717, 1.165) is 0 Å². The van der Waals surface area contributed by atoms with Gasteiger partial charge in [0.15, 0.2) is 0 Å². The number of rotatable bonds is 9. The van der Waals surface area contributed by atoms with Gasteiger partial charge in [-0.2, -0.15) is 0 Å². The molecule has 0 N–H and O–H groups in total. The van der Waals surface area contributed by atoms with Crippen molar-refractivity contribution < 1.29 is 33.3 Å². The lowest BCUT2D eigenvalue weighted by molar-refractivity contribution is -0.185. The number of methoxy groups -OCH3 is 1. The number of cyclic esters (lactones) is 1. The molecule has 0 bridgehead atoms. The van der Waals surface area contributed by atoms with Crippen LogP contribution in [0.15, 0.2) is 12.3 Å². The zero-order chi connectivity index (χ0) is 28.6. The zero-order valence-corrected chi connectivity index (χ0v) is 25.0. The predicted molar refractivity (Wildman–Crippen MR) is 145 cm³/mol. The average Bonchev–Trinajstić information content (AvgIpc) is 2.80. The molecule has 0 aromatic rings. The Balaban J connectivity index is 3.60. The van der Waals surface area contributed by atoms with Crippen LogP contribution in [0.2, 0.25) is 0 Å². The third kappa shape index (κ3) is 9.20. The summed E-state index contributed by atoms with van der Waals surface area (Å²) in [7, 11) is 1.62. The lowest BCUT2D eigenvalue weighted by atomic mass is 9.68. The monoisotopic (exact) mass is 524 g/mol. The molecule has 7 atom stereocenters. The van der Waals surface area contributed by atoms with Crippen LogP contribution in [0.5, 0.6) is 0 Å². The number of esters is 1. The first-order valence-corrected chi connectivity index (χ1v) is 13.8. The topological polar surface area (TPSA) is 88.1 Å². The summed E-state index contributed by atoms with van der Waals surface area (Å²) >= 11 is 0. The Morgan fingerprint density at radius 2 is 1.54 bits per heavy atom. The van der Waals surface area contributed by atoms with Crippen LogP contribution < -0.4 is 0 Å². The van der Waals surface area contributed by atoms with Gasteiger partial charge in [0.1, 0.15) is 29.2 Å². The molecule has 1 heterocycles. The molecule has 0 amide bonds. The zero-order valence-electron chi connectivity index (χ0n) is 25.0. The number of carbonyl (C=O) groups excluding carboxylic acids is 3. The first-order chi connectivity index (χ1) is 17.1. The number of ether oxygens (including phenoxy) is 4. The summed E-state index contributed by atoms with van der Waals surface area (Å²) in [6, 6.07) is 0. The molecule has 0 saturated carbocycles. The SMILES string of the molecule is C=C(C)O[C@@]1(C)[C@H](CCOCCOC)C(C)C(=O)[C@H](C)CC(C)(C)C[C@@H](C)C(=O)C(C)C(=O)O[C@@H]1CC. The molecule has 1 fully saturated rings. The molecule has 7 heteroatoms. The van der Waals surface area contributed by atoms with E-state index in [1.807, 2.05) is 34.6 Å². The number of Topliss-reactive ketones (excluding diaryl/α,β-unsaturated/α-hetero) is 2. The maximum atomic E-state index is 13.9. The lowest BCUT2D eigenvalue weighted by Gasteiger charge is -2.46. The van der Waals surface area contributed by atoms with Gasteiger partial charge in [-0.15, -0.1) is 0 Å². The summed E-state index contributed by atoms with van der Waals surface area (Å²) in [4.78, 5) is 40.3. The van der Waals surface area contributed by atoms with Crippen LogP contribution in [0.1, 0.15) is 88.0 Å². The van der Waals surface area contributed by atoms with Crippen molar-refractivity contribution in [1.82, 2.24) is 0 Å². The number of hydrogen-bond donors (Lipinski definition) is 0. The van der Waals surface area contributed by atoms with Gasteiger partial charge < -0.3 is 18.9 Å². The number of allylic oxidation sites excluding steroid dienone is 1. The van der Waals surface area contributed by atoms with E-state index in [1.165, 1.54) is 0 Å². The molecule has 214 valence electrons. The molecule has 0 aromatic heterocycles. The Morgan fingerprint density at radius 1 is 0.973 bits per heavy atom. The maximum absolute atomic E-state index is 13.9. The Bertz CT molecular complexity index is 789. The molecule has 7 nitrogen and oxygen atoms in total. The highest BCUT2D eigenvalue weighted by Crippen LogP contribution is 2.42. The first-order valence-electron chi connectivity index (χ1n) is 13.8. The molecule has 2 unspecified atom stereocenters. The predicted octanol–water partition coefficient (Wildman–Crippen LogP) is 5.79. The van der Waals surface area contributed by atoms with Gasteiger partial charge in [-0.3, -0.25) is 14.4 Å². The molecule has 1 rings (SSSR count). The normalized spacial score (nSPS) is 33.9. The molecule has 0 aromatic carbocycles. The van der Waals surface area contributed by atoms with Gasteiger partial charge in [-0.05, 0) is 51.9 Å². The number of hydrogen-bond acceptors (Lipinski definition) is 7. The van der Waals surface area contributed by atoms with Gasteiger partial charge in [0.05, 0.1) is 19.0 Å². The smallest absolute Gasteiger partial charge is 0.316 e. The fourth-order valence-corrected chi connectivity index (χ4v) is 6.22. The second-order valence-corrected chi connectivity index (χ2v) is 12.0. The minimum Gasteiger partial charge on any atom is -0.489 e. The van der Waals surface area contributed by atoms with Crippen molar-refractivity contribution in [2.24, 2.45) is 35.0 Å². The molecule has 37 heavy (non-hydrogen) atoms. The van der Waals surface area contributed by atoms with Gasteiger partial charge in [-0.25, -0.2) is 0 Å². The van der Waals surface area contributed by atoms with E-state index >= 15 is 0 Å². The van der Waals surface area contributed by atoms with E-state index in [2.05, 4.69) is 20.4 Å². The minimum absolute atomic E-state index is 0.136. The van der Waals surface area contributed by atoms with Crippen LogP contribution in [0.3, 0.4) is 0 Å². The lowest BCUT2D eigenvalue weighted by Crippen LogP contribution is -2.54. The number of ketones is 2. The van der Waals surface area contributed by atoms with E-state index in [4.69, 9.17) is 18.9 Å². The molecular weight excluding hydrogens is 472 g/mol. The van der Waals surface area contributed by atoms with Crippen molar-refractivity contribution in [3.8, 4) is 0 Å². The maximum Gasteiger partial charge on any atom is 0.316 e.